The van der Waals surface area contributed by atoms with E-state index >= 15 is 0 Å². The Bertz CT molecular complexity index is 2260. The van der Waals surface area contributed by atoms with Crippen LogP contribution in [0.1, 0.15) is 11.1 Å². The zero-order valence-corrected chi connectivity index (χ0v) is 28.4. The highest BCUT2D eigenvalue weighted by molar-refractivity contribution is 6.31. The average Bonchev–Trinajstić information content (AvgIpc) is 3.83. The third kappa shape index (κ3) is 9.23. The Labute approximate surface area is 303 Å². The fourth-order valence-corrected chi connectivity index (χ4v) is 5.63. The normalized spacial score (nSPS) is 13.5. The van der Waals surface area contributed by atoms with Crippen LogP contribution in [-0.2, 0) is 18.7 Å². The summed E-state index contributed by atoms with van der Waals surface area (Å²) in [5.74, 6) is -0.0470. The monoisotopic (exact) mass is 749 g/mol. The summed E-state index contributed by atoms with van der Waals surface area (Å²) in [4.78, 5) is 38.7. The number of H-pyrrole nitrogens is 2. The molecule has 0 radical (unpaired) electrons. The van der Waals surface area contributed by atoms with E-state index in [1.54, 1.807) is 4.98 Å². The van der Waals surface area contributed by atoms with E-state index in [0.29, 0.717) is 11.2 Å². The van der Waals surface area contributed by atoms with Crippen molar-refractivity contribution in [3.8, 4) is 11.5 Å². The van der Waals surface area contributed by atoms with Crippen molar-refractivity contribution >= 4 is 23.1 Å². The minimum atomic E-state index is -1.70. The molecule has 0 amide bonds. The van der Waals surface area contributed by atoms with Gasteiger partial charge in [0.2, 0.25) is 5.82 Å². The van der Waals surface area contributed by atoms with Crippen molar-refractivity contribution in [1.82, 2.24) is 49.7 Å². The van der Waals surface area contributed by atoms with E-state index in [9.17, 15) is 27.9 Å². The van der Waals surface area contributed by atoms with Gasteiger partial charge in [0.25, 0.3) is 5.56 Å². The summed E-state index contributed by atoms with van der Waals surface area (Å²) < 4.78 is 48.0. The Balaban J connectivity index is 0.000000148. The number of aromatic amines is 2. The molecule has 0 saturated carbocycles. The third-order valence-corrected chi connectivity index (χ3v) is 8.13. The van der Waals surface area contributed by atoms with Crippen LogP contribution < -0.4 is 21.3 Å². The van der Waals surface area contributed by atoms with Crippen LogP contribution in [0.4, 0.5) is 18.9 Å². The number of hydrogen-bond donors (Lipinski definition) is 4. The molecule has 5 heterocycles. The van der Waals surface area contributed by atoms with E-state index in [1.165, 1.54) is 40.7 Å². The number of rotatable bonds is 5. The van der Waals surface area contributed by atoms with Gasteiger partial charge in [-0.3, -0.25) is 9.78 Å². The number of amidine groups is 1. The Kier molecular flexibility index (Phi) is 11.4. The predicted octanol–water partition coefficient (Wildman–Crippen LogP) is 3.37. The van der Waals surface area contributed by atoms with Crippen molar-refractivity contribution in [2.24, 2.45) is 4.99 Å². The van der Waals surface area contributed by atoms with E-state index in [4.69, 9.17) is 21.3 Å². The van der Waals surface area contributed by atoms with Gasteiger partial charge >= 0.3 is 5.69 Å². The van der Waals surface area contributed by atoms with Crippen molar-refractivity contribution in [3.63, 3.8) is 0 Å². The maximum Gasteiger partial charge on any atom is 0.325 e. The van der Waals surface area contributed by atoms with E-state index in [-0.39, 0.29) is 18.7 Å². The SMILES string of the molecule is Clc1ccc2c(c1)C(N1CCNCC1)=Nc1ccccc1O2.O=c1[nH]cc(F)c(=O)[nH]1.OC(Cn1cncn1)(Cn1cncn1)c1ccc(F)cc1F. The fourth-order valence-electron chi connectivity index (χ4n) is 5.46. The van der Waals surface area contributed by atoms with Crippen LogP contribution in [0.2, 0.25) is 5.02 Å². The molecule has 0 aliphatic carbocycles. The first kappa shape index (κ1) is 36.7. The summed E-state index contributed by atoms with van der Waals surface area (Å²) in [5, 5.41) is 22.8. The number of ether oxygens (including phenoxy) is 1. The Hall–Kier alpha value is -6.11. The van der Waals surface area contributed by atoms with Gasteiger partial charge < -0.3 is 25.0 Å². The van der Waals surface area contributed by atoms with Crippen LogP contribution in [-0.4, -0.2) is 81.5 Å². The number of aromatic nitrogens is 8. The number of nitrogens with one attached hydrogen (secondary N) is 3. The number of para-hydroxylation sites is 2. The number of fused-ring (bicyclic) bond motifs is 2. The molecule has 53 heavy (non-hydrogen) atoms. The molecule has 3 aromatic heterocycles. The fraction of sp³-hybridized carbons (Fsp3) is 0.206. The second-order valence-corrected chi connectivity index (χ2v) is 12.1. The van der Waals surface area contributed by atoms with Gasteiger partial charge in [-0.2, -0.15) is 14.6 Å². The molecule has 4 N–H and O–H groups in total. The lowest BCUT2D eigenvalue weighted by Crippen LogP contribution is -2.46. The van der Waals surface area contributed by atoms with Crippen LogP contribution >= 0.6 is 11.6 Å². The number of benzene rings is 3. The second kappa shape index (κ2) is 16.5. The summed E-state index contributed by atoms with van der Waals surface area (Å²) in [7, 11) is 0. The van der Waals surface area contributed by atoms with E-state index in [0.717, 1.165) is 66.9 Å². The van der Waals surface area contributed by atoms with Crippen LogP contribution in [0.15, 0.2) is 107 Å². The summed E-state index contributed by atoms with van der Waals surface area (Å²) in [6, 6.07) is 16.6. The zero-order valence-electron chi connectivity index (χ0n) is 27.7. The minimum absolute atomic E-state index is 0.0556. The third-order valence-electron chi connectivity index (χ3n) is 7.90. The van der Waals surface area contributed by atoms with Crippen LogP contribution in [0.25, 0.3) is 0 Å². The lowest BCUT2D eigenvalue weighted by molar-refractivity contribution is -0.00856. The lowest BCUT2D eigenvalue weighted by Gasteiger charge is -2.30. The molecule has 2 aliphatic heterocycles. The van der Waals surface area contributed by atoms with Crippen molar-refractivity contribution in [3.05, 3.63) is 147 Å². The molecule has 0 spiro atoms. The Morgan fingerprint density at radius 2 is 1.57 bits per heavy atom. The van der Waals surface area contributed by atoms with Gasteiger partial charge in [0.15, 0.2) is 5.75 Å². The predicted molar refractivity (Wildman–Crippen MR) is 187 cm³/mol. The Morgan fingerprint density at radius 3 is 2.19 bits per heavy atom. The highest BCUT2D eigenvalue weighted by Crippen LogP contribution is 2.39. The van der Waals surface area contributed by atoms with E-state index < -0.39 is 34.3 Å². The summed E-state index contributed by atoms with van der Waals surface area (Å²) >= 11 is 6.20. The molecular formula is C34H31ClF3N11O4. The molecule has 274 valence electrons. The molecule has 0 unspecified atom stereocenters. The first-order valence-corrected chi connectivity index (χ1v) is 16.4. The van der Waals surface area contributed by atoms with Gasteiger partial charge in [-0.15, -0.1) is 0 Å². The lowest BCUT2D eigenvalue weighted by atomic mass is 9.93. The van der Waals surface area contributed by atoms with Crippen molar-refractivity contribution in [1.29, 1.82) is 0 Å². The molecule has 19 heteroatoms. The van der Waals surface area contributed by atoms with E-state index in [1.807, 2.05) is 47.4 Å². The van der Waals surface area contributed by atoms with Crippen LogP contribution in [0.3, 0.4) is 0 Å². The van der Waals surface area contributed by atoms with Crippen molar-refractivity contribution in [2.45, 2.75) is 18.7 Å². The maximum absolute atomic E-state index is 14.1. The van der Waals surface area contributed by atoms with Gasteiger partial charge in [0.1, 0.15) is 59.8 Å². The van der Waals surface area contributed by atoms with Gasteiger partial charge in [-0.1, -0.05) is 29.8 Å². The molecule has 15 nitrogen and oxygen atoms in total. The second-order valence-electron chi connectivity index (χ2n) is 11.6. The number of nitrogens with zero attached hydrogens (tertiary/aromatic N) is 8. The van der Waals surface area contributed by atoms with Gasteiger partial charge in [-0.05, 0) is 36.4 Å². The summed E-state index contributed by atoms with van der Waals surface area (Å²) in [6.45, 7) is 3.61. The maximum atomic E-state index is 14.1. The molecule has 3 aromatic carbocycles. The molecule has 2 aliphatic rings. The number of halogens is 4. The zero-order chi connectivity index (χ0) is 37.4. The molecule has 1 saturated heterocycles. The minimum Gasteiger partial charge on any atom is -0.454 e. The largest absolute Gasteiger partial charge is 0.454 e. The molecule has 0 bridgehead atoms. The molecule has 0 atom stereocenters. The highest BCUT2D eigenvalue weighted by Gasteiger charge is 2.34. The summed E-state index contributed by atoms with van der Waals surface area (Å²) in [5.41, 5.74) is -1.66. The first-order valence-electron chi connectivity index (χ1n) is 16.0. The molecular weight excluding hydrogens is 719 g/mol. The smallest absolute Gasteiger partial charge is 0.325 e. The standard InChI is InChI=1S/C17H16ClN3O.C13H12F2N6O.C4H3FN2O2/c18-12-5-6-15-13(11-12)17(21-9-7-19-8-10-21)20-14-3-1-2-4-16(14)22-15;14-10-1-2-11(12(15)3-10)13(22,4-20-8-16-6-18-20)5-21-9-17-7-19-21;5-2-1-6-4(9)7-3(2)8/h1-6,11,19H,7-10H2;1-3,6-9,22H,4-5H2;1H,(H2,6,7,8,9). The van der Waals surface area contributed by atoms with Gasteiger partial charge in [0.05, 0.1) is 18.7 Å². The molecule has 6 aromatic rings. The van der Waals surface area contributed by atoms with Gasteiger partial charge in [-0.25, -0.2) is 37.9 Å². The topological polar surface area (TPSA) is 184 Å². The van der Waals surface area contributed by atoms with E-state index in [2.05, 4.69) is 30.4 Å². The Morgan fingerprint density at radius 1 is 0.868 bits per heavy atom. The van der Waals surface area contributed by atoms with Crippen LogP contribution in [0, 0.1) is 17.5 Å². The number of aliphatic hydroxyl groups is 1. The number of hydrogen-bond acceptors (Lipinski definition) is 11. The number of aliphatic imine (C=N–C) groups is 1. The van der Waals surface area contributed by atoms with Crippen LogP contribution in [0.5, 0.6) is 11.5 Å². The van der Waals surface area contributed by atoms with Crippen molar-refractivity contribution in [2.75, 3.05) is 26.2 Å². The number of piperazine rings is 1. The molecule has 1 fully saturated rings. The highest BCUT2D eigenvalue weighted by atomic mass is 35.5. The summed E-state index contributed by atoms with van der Waals surface area (Å²) in [6.07, 6.45) is 6.11. The average molecular weight is 750 g/mol. The molecule has 8 rings (SSSR count). The van der Waals surface area contributed by atoms with Gasteiger partial charge in [0, 0.05) is 49.0 Å². The quantitative estimate of drug-likeness (QED) is 0.204. The van der Waals surface area contributed by atoms with Crippen molar-refractivity contribution < 1.29 is 23.0 Å². The first-order chi connectivity index (χ1) is 25.6.